The molecule has 0 bridgehead atoms. The summed E-state index contributed by atoms with van der Waals surface area (Å²) in [5, 5.41) is 1.72. The molecule has 2 heterocycles. The van der Waals surface area contributed by atoms with E-state index in [1.165, 1.54) is 29.7 Å². The van der Waals surface area contributed by atoms with E-state index in [2.05, 4.69) is 16.9 Å². The average Bonchev–Trinajstić information content (AvgIpc) is 2.58. The number of hydrogen-bond donors (Lipinski definition) is 0. The normalized spacial score (nSPS) is 20.5. The van der Waals surface area contributed by atoms with Crippen LogP contribution in [0.5, 0.6) is 0 Å². The molecule has 2 nitrogen and oxygen atoms in total. The predicted molar refractivity (Wildman–Crippen MR) is 63.8 cm³/mol. The first-order valence-corrected chi connectivity index (χ1v) is 6.38. The Morgan fingerprint density at radius 2 is 2.33 bits per heavy atom. The molecule has 2 aromatic rings. The van der Waals surface area contributed by atoms with Crippen molar-refractivity contribution in [1.29, 1.82) is 0 Å². The highest BCUT2D eigenvalue weighted by Gasteiger charge is 2.23. The molecule has 1 aliphatic carbocycles. The molecule has 0 N–H and O–H groups in total. The van der Waals surface area contributed by atoms with Gasteiger partial charge in [-0.2, -0.15) is 0 Å². The Bertz CT molecular complexity index is 521. The van der Waals surface area contributed by atoms with E-state index in [9.17, 15) is 0 Å². The van der Waals surface area contributed by atoms with Crippen molar-refractivity contribution in [3.8, 4) is 0 Å². The van der Waals surface area contributed by atoms with Crippen LogP contribution in [0.2, 0.25) is 5.15 Å². The van der Waals surface area contributed by atoms with Gasteiger partial charge in [0.25, 0.3) is 0 Å². The molecule has 4 heteroatoms. The predicted octanol–water partition coefficient (Wildman–Crippen LogP) is 3.78. The fourth-order valence-corrected chi connectivity index (χ4v) is 3.98. The Hall–Kier alpha value is -0.670. The molecule has 2 aromatic heterocycles. The molecule has 15 heavy (non-hydrogen) atoms. The number of halogens is 1. The molecular weight excluding hydrogens is 228 g/mol. The molecule has 0 aliphatic heterocycles. The Balaban J connectivity index is 2.38. The lowest BCUT2D eigenvalue weighted by Gasteiger charge is -2.18. The summed E-state index contributed by atoms with van der Waals surface area (Å²) in [7, 11) is 0. The van der Waals surface area contributed by atoms with Crippen molar-refractivity contribution in [3.05, 3.63) is 21.9 Å². The minimum absolute atomic E-state index is 0.603. The molecule has 0 aromatic carbocycles. The van der Waals surface area contributed by atoms with Gasteiger partial charge in [-0.3, -0.25) is 0 Å². The second-order valence-electron chi connectivity index (χ2n) is 4.08. The maximum absolute atomic E-state index is 6.16. The molecule has 1 atom stereocenters. The quantitative estimate of drug-likeness (QED) is 0.653. The summed E-state index contributed by atoms with van der Waals surface area (Å²) in [6.45, 7) is 2.27. The van der Waals surface area contributed by atoms with Crippen molar-refractivity contribution in [3.63, 3.8) is 0 Å². The number of thiophene rings is 1. The van der Waals surface area contributed by atoms with E-state index in [0.29, 0.717) is 11.1 Å². The lowest BCUT2D eigenvalue weighted by molar-refractivity contribution is 0.602. The van der Waals surface area contributed by atoms with Crippen LogP contribution in [0, 0.1) is 0 Å². The van der Waals surface area contributed by atoms with Gasteiger partial charge in [0.2, 0.25) is 0 Å². The average molecular weight is 239 g/mol. The van der Waals surface area contributed by atoms with Crippen molar-refractivity contribution >= 4 is 33.2 Å². The second kappa shape index (κ2) is 3.42. The highest BCUT2D eigenvalue weighted by molar-refractivity contribution is 7.19. The van der Waals surface area contributed by atoms with Crippen LogP contribution in [0.15, 0.2) is 6.33 Å². The molecule has 0 unspecified atom stereocenters. The fraction of sp³-hybridized carbons (Fsp3) is 0.455. The van der Waals surface area contributed by atoms with Crippen LogP contribution in [0.25, 0.3) is 10.2 Å². The van der Waals surface area contributed by atoms with Crippen LogP contribution in [-0.2, 0) is 6.42 Å². The number of nitrogens with zero attached hydrogens (tertiary/aromatic N) is 2. The summed E-state index contributed by atoms with van der Waals surface area (Å²) in [6, 6.07) is 0. The maximum atomic E-state index is 6.16. The summed E-state index contributed by atoms with van der Waals surface area (Å²) >= 11 is 7.94. The monoisotopic (exact) mass is 238 g/mol. The highest BCUT2D eigenvalue weighted by Crippen LogP contribution is 2.43. The van der Waals surface area contributed by atoms with Gasteiger partial charge < -0.3 is 0 Å². The maximum Gasteiger partial charge on any atom is 0.141 e. The van der Waals surface area contributed by atoms with Crippen molar-refractivity contribution < 1.29 is 0 Å². The van der Waals surface area contributed by atoms with E-state index in [-0.39, 0.29) is 0 Å². The van der Waals surface area contributed by atoms with E-state index in [4.69, 9.17) is 11.6 Å². The largest absolute Gasteiger partial charge is 0.225 e. The molecule has 0 fully saturated rings. The highest BCUT2D eigenvalue weighted by atomic mass is 35.5. The van der Waals surface area contributed by atoms with E-state index in [0.717, 1.165) is 10.2 Å². The number of hydrogen-bond acceptors (Lipinski definition) is 3. The molecule has 0 radical (unpaired) electrons. The minimum atomic E-state index is 0.603. The Labute approximate surface area is 97.3 Å². The van der Waals surface area contributed by atoms with Crippen molar-refractivity contribution in [2.75, 3.05) is 0 Å². The van der Waals surface area contributed by atoms with Gasteiger partial charge >= 0.3 is 0 Å². The van der Waals surface area contributed by atoms with Gasteiger partial charge in [0.05, 0.1) is 5.39 Å². The lowest BCUT2D eigenvalue weighted by atomic mass is 9.88. The number of aryl methyl sites for hydroxylation is 1. The molecular formula is C11H11ClN2S. The van der Waals surface area contributed by atoms with E-state index in [1.54, 1.807) is 17.7 Å². The molecule has 0 amide bonds. The SMILES string of the molecule is C[C@@H]1CCCc2sc3ncnc(Cl)c3c21. The third-order valence-electron chi connectivity index (χ3n) is 3.09. The number of rotatable bonds is 0. The van der Waals surface area contributed by atoms with Gasteiger partial charge in [-0.15, -0.1) is 11.3 Å². The third kappa shape index (κ3) is 1.37. The standard InChI is InChI=1S/C11H11ClN2S/c1-6-3-2-4-7-8(6)9-10(12)13-5-14-11(9)15-7/h5-6H,2-4H2,1H3/t6-/m1/s1. The molecule has 0 spiro atoms. The molecule has 0 saturated carbocycles. The smallest absolute Gasteiger partial charge is 0.141 e. The minimum Gasteiger partial charge on any atom is -0.225 e. The lowest BCUT2D eigenvalue weighted by Crippen LogP contribution is -2.03. The number of fused-ring (bicyclic) bond motifs is 3. The first-order valence-electron chi connectivity index (χ1n) is 5.19. The molecule has 78 valence electrons. The van der Waals surface area contributed by atoms with Gasteiger partial charge in [0.1, 0.15) is 16.3 Å². The van der Waals surface area contributed by atoms with Crippen LogP contribution in [-0.4, -0.2) is 9.97 Å². The second-order valence-corrected chi connectivity index (χ2v) is 5.52. The van der Waals surface area contributed by atoms with Crippen LogP contribution in [0.4, 0.5) is 0 Å². The summed E-state index contributed by atoms with van der Waals surface area (Å²) in [5.74, 6) is 0.603. The third-order valence-corrected chi connectivity index (χ3v) is 4.55. The van der Waals surface area contributed by atoms with Gasteiger partial charge in [0.15, 0.2) is 0 Å². The van der Waals surface area contributed by atoms with Gasteiger partial charge in [0, 0.05) is 4.88 Å². The molecule has 0 saturated heterocycles. The first-order chi connectivity index (χ1) is 7.27. The van der Waals surface area contributed by atoms with Crippen molar-refractivity contribution in [2.45, 2.75) is 32.1 Å². The summed E-state index contributed by atoms with van der Waals surface area (Å²) in [5.41, 5.74) is 1.41. The zero-order chi connectivity index (χ0) is 10.4. The Kier molecular flexibility index (Phi) is 2.18. The topological polar surface area (TPSA) is 25.8 Å². The van der Waals surface area contributed by atoms with Gasteiger partial charge in [-0.1, -0.05) is 18.5 Å². The van der Waals surface area contributed by atoms with E-state index >= 15 is 0 Å². The Morgan fingerprint density at radius 3 is 3.20 bits per heavy atom. The fourth-order valence-electron chi connectivity index (χ4n) is 2.38. The van der Waals surface area contributed by atoms with E-state index in [1.807, 2.05) is 0 Å². The number of aromatic nitrogens is 2. The zero-order valence-corrected chi connectivity index (χ0v) is 10.0. The van der Waals surface area contributed by atoms with Crippen molar-refractivity contribution in [1.82, 2.24) is 9.97 Å². The summed E-state index contributed by atoms with van der Waals surface area (Å²) in [6.07, 6.45) is 5.27. The zero-order valence-electron chi connectivity index (χ0n) is 8.46. The van der Waals surface area contributed by atoms with Gasteiger partial charge in [-0.25, -0.2) is 9.97 Å². The van der Waals surface area contributed by atoms with Crippen LogP contribution >= 0.6 is 22.9 Å². The van der Waals surface area contributed by atoms with Crippen LogP contribution < -0.4 is 0 Å². The first kappa shape index (κ1) is 9.55. The summed E-state index contributed by atoms with van der Waals surface area (Å²) < 4.78 is 0. The van der Waals surface area contributed by atoms with Crippen LogP contribution in [0.1, 0.15) is 36.1 Å². The van der Waals surface area contributed by atoms with E-state index < -0.39 is 0 Å². The van der Waals surface area contributed by atoms with Gasteiger partial charge in [-0.05, 0) is 30.7 Å². The molecule has 3 rings (SSSR count). The van der Waals surface area contributed by atoms with Crippen molar-refractivity contribution in [2.24, 2.45) is 0 Å². The molecule has 1 aliphatic rings. The Morgan fingerprint density at radius 1 is 1.47 bits per heavy atom. The van der Waals surface area contributed by atoms with Crippen LogP contribution in [0.3, 0.4) is 0 Å². The summed E-state index contributed by atoms with van der Waals surface area (Å²) in [4.78, 5) is 10.9.